The third kappa shape index (κ3) is 5.64. The van der Waals surface area contributed by atoms with Crippen LogP contribution < -0.4 is 10.6 Å². The number of rotatable bonds is 5. The fraction of sp³-hybridized carbons (Fsp3) is 0.846. The second-order valence-corrected chi connectivity index (χ2v) is 5.21. The molecule has 6 nitrogen and oxygen atoms in total. The Morgan fingerprint density at radius 2 is 1.95 bits per heavy atom. The Balaban J connectivity index is 0.00000200. The average molecular weight is 305 g/mol. The van der Waals surface area contributed by atoms with Gasteiger partial charge in [0, 0.05) is 52.2 Å². The van der Waals surface area contributed by atoms with Crippen molar-refractivity contribution >= 4 is 24.2 Å². The number of nitrogens with zero attached hydrogens (tertiary/aromatic N) is 2. The lowest BCUT2D eigenvalue weighted by Gasteiger charge is -2.28. The van der Waals surface area contributed by atoms with Gasteiger partial charge in [0.2, 0.25) is 11.8 Å². The van der Waals surface area contributed by atoms with Gasteiger partial charge >= 0.3 is 0 Å². The molecule has 2 heterocycles. The number of likely N-dealkylation sites (tertiary alicyclic amines) is 1. The van der Waals surface area contributed by atoms with Gasteiger partial charge in [-0.3, -0.25) is 14.5 Å². The van der Waals surface area contributed by atoms with E-state index in [0.29, 0.717) is 13.0 Å². The highest BCUT2D eigenvalue weighted by atomic mass is 35.5. The van der Waals surface area contributed by atoms with Crippen LogP contribution in [0.15, 0.2) is 0 Å². The molecule has 0 bridgehead atoms. The lowest BCUT2D eigenvalue weighted by Crippen LogP contribution is -2.47. The summed E-state index contributed by atoms with van der Waals surface area (Å²) >= 11 is 0. The smallest absolute Gasteiger partial charge is 0.239 e. The van der Waals surface area contributed by atoms with E-state index in [4.69, 9.17) is 0 Å². The van der Waals surface area contributed by atoms with Crippen LogP contribution in [0.2, 0.25) is 0 Å². The largest absolute Gasteiger partial charge is 0.353 e. The van der Waals surface area contributed by atoms with Gasteiger partial charge in [-0.25, -0.2) is 0 Å². The van der Waals surface area contributed by atoms with E-state index in [1.807, 2.05) is 0 Å². The normalized spacial score (nSPS) is 20.4. The van der Waals surface area contributed by atoms with Gasteiger partial charge in [-0.1, -0.05) is 0 Å². The van der Waals surface area contributed by atoms with Crippen LogP contribution in [0.5, 0.6) is 0 Å². The van der Waals surface area contributed by atoms with E-state index in [9.17, 15) is 9.59 Å². The summed E-state index contributed by atoms with van der Waals surface area (Å²) in [6, 6.07) is 0. The molecule has 0 saturated carbocycles. The SMILES string of the molecule is Cl.O=C(CN1CCCCC1=O)NCCN1CCNCC1. The molecular weight excluding hydrogens is 280 g/mol. The quantitative estimate of drug-likeness (QED) is 0.715. The molecule has 2 aliphatic rings. The van der Waals surface area contributed by atoms with Crippen LogP contribution in [0.25, 0.3) is 0 Å². The van der Waals surface area contributed by atoms with E-state index in [2.05, 4.69) is 15.5 Å². The van der Waals surface area contributed by atoms with Crippen molar-refractivity contribution in [2.24, 2.45) is 0 Å². The first-order chi connectivity index (χ1) is 9.25. The summed E-state index contributed by atoms with van der Waals surface area (Å²) in [6.07, 6.45) is 2.56. The standard InChI is InChI=1S/C13H24N4O2.ClH/c18-12(11-17-7-2-1-3-13(17)19)15-6-10-16-8-4-14-5-9-16;/h14H,1-11H2,(H,15,18);1H. The third-order valence-electron chi connectivity index (χ3n) is 3.72. The number of hydrogen-bond acceptors (Lipinski definition) is 4. The summed E-state index contributed by atoms with van der Waals surface area (Å²) in [6.45, 7) is 6.64. The van der Waals surface area contributed by atoms with Crippen molar-refractivity contribution in [3.63, 3.8) is 0 Å². The van der Waals surface area contributed by atoms with E-state index < -0.39 is 0 Å². The number of nitrogens with one attached hydrogen (secondary N) is 2. The number of carbonyl (C=O) groups is 2. The van der Waals surface area contributed by atoms with Crippen LogP contribution in [0, 0.1) is 0 Å². The maximum absolute atomic E-state index is 11.8. The predicted octanol–water partition coefficient (Wildman–Crippen LogP) is -0.558. The number of amides is 2. The fourth-order valence-corrected chi connectivity index (χ4v) is 2.55. The summed E-state index contributed by atoms with van der Waals surface area (Å²) in [7, 11) is 0. The maximum Gasteiger partial charge on any atom is 0.239 e. The van der Waals surface area contributed by atoms with Crippen molar-refractivity contribution in [3.05, 3.63) is 0 Å². The molecule has 2 amide bonds. The number of carbonyl (C=O) groups excluding carboxylic acids is 2. The van der Waals surface area contributed by atoms with Gasteiger partial charge in [-0.2, -0.15) is 0 Å². The molecule has 0 aromatic carbocycles. The topological polar surface area (TPSA) is 64.7 Å². The van der Waals surface area contributed by atoms with Crippen LogP contribution >= 0.6 is 12.4 Å². The minimum absolute atomic E-state index is 0. The summed E-state index contributed by atoms with van der Waals surface area (Å²) in [5.74, 6) is 0.0777. The van der Waals surface area contributed by atoms with E-state index in [0.717, 1.165) is 52.1 Å². The van der Waals surface area contributed by atoms with Crippen LogP contribution in [-0.2, 0) is 9.59 Å². The Hall–Kier alpha value is -0.850. The molecule has 2 saturated heterocycles. The highest BCUT2D eigenvalue weighted by Gasteiger charge is 2.20. The zero-order valence-electron chi connectivity index (χ0n) is 11.9. The number of halogens is 1. The monoisotopic (exact) mass is 304 g/mol. The summed E-state index contributed by atoms with van der Waals surface area (Å²) < 4.78 is 0. The van der Waals surface area contributed by atoms with Gasteiger partial charge in [0.15, 0.2) is 0 Å². The Morgan fingerprint density at radius 1 is 1.20 bits per heavy atom. The Kier molecular flexibility index (Phi) is 7.87. The lowest BCUT2D eigenvalue weighted by atomic mass is 10.1. The molecule has 0 unspecified atom stereocenters. The molecule has 0 aromatic rings. The Labute approximate surface area is 126 Å². The third-order valence-corrected chi connectivity index (χ3v) is 3.72. The minimum atomic E-state index is -0.0367. The van der Waals surface area contributed by atoms with E-state index in [-0.39, 0.29) is 30.8 Å². The summed E-state index contributed by atoms with van der Waals surface area (Å²) in [4.78, 5) is 27.4. The van der Waals surface area contributed by atoms with E-state index >= 15 is 0 Å². The predicted molar refractivity (Wildman–Crippen MR) is 80.0 cm³/mol. The Bertz CT molecular complexity index is 321. The number of piperazine rings is 1. The van der Waals surface area contributed by atoms with E-state index in [1.165, 1.54) is 0 Å². The first-order valence-electron chi connectivity index (χ1n) is 7.23. The van der Waals surface area contributed by atoms with Gasteiger partial charge in [0.25, 0.3) is 0 Å². The molecule has 2 N–H and O–H groups in total. The highest BCUT2D eigenvalue weighted by Crippen LogP contribution is 2.09. The molecule has 116 valence electrons. The van der Waals surface area contributed by atoms with Crippen molar-refractivity contribution in [1.82, 2.24) is 20.4 Å². The van der Waals surface area contributed by atoms with Crippen LogP contribution in [0.1, 0.15) is 19.3 Å². The second-order valence-electron chi connectivity index (χ2n) is 5.21. The number of piperidine rings is 1. The fourth-order valence-electron chi connectivity index (χ4n) is 2.55. The zero-order chi connectivity index (χ0) is 13.5. The van der Waals surface area contributed by atoms with Crippen molar-refractivity contribution in [2.45, 2.75) is 19.3 Å². The molecular formula is C13H25ClN4O2. The van der Waals surface area contributed by atoms with Crippen molar-refractivity contribution < 1.29 is 9.59 Å². The van der Waals surface area contributed by atoms with Gasteiger partial charge in [0.1, 0.15) is 0 Å². The molecule has 0 spiro atoms. The summed E-state index contributed by atoms with van der Waals surface area (Å²) in [5.41, 5.74) is 0. The zero-order valence-corrected chi connectivity index (χ0v) is 12.7. The molecule has 0 atom stereocenters. The lowest BCUT2D eigenvalue weighted by molar-refractivity contribution is -0.137. The molecule has 0 aromatic heterocycles. The molecule has 7 heteroatoms. The van der Waals surface area contributed by atoms with Crippen molar-refractivity contribution in [1.29, 1.82) is 0 Å². The maximum atomic E-state index is 11.8. The van der Waals surface area contributed by atoms with Gasteiger partial charge in [-0.15, -0.1) is 12.4 Å². The second kappa shape index (κ2) is 9.15. The van der Waals surface area contributed by atoms with Crippen LogP contribution in [-0.4, -0.2) is 74.0 Å². The highest BCUT2D eigenvalue weighted by molar-refractivity contribution is 5.85. The molecule has 0 aliphatic carbocycles. The van der Waals surface area contributed by atoms with Gasteiger partial charge < -0.3 is 15.5 Å². The van der Waals surface area contributed by atoms with Crippen LogP contribution in [0.4, 0.5) is 0 Å². The molecule has 20 heavy (non-hydrogen) atoms. The first-order valence-corrected chi connectivity index (χ1v) is 7.23. The van der Waals surface area contributed by atoms with E-state index in [1.54, 1.807) is 4.90 Å². The van der Waals surface area contributed by atoms with Gasteiger partial charge in [0.05, 0.1) is 6.54 Å². The molecule has 2 rings (SSSR count). The number of hydrogen-bond donors (Lipinski definition) is 2. The van der Waals surface area contributed by atoms with Crippen molar-refractivity contribution in [3.8, 4) is 0 Å². The molecule has 2 fully saturated rings. The average Bonchev–Trinajstić information content (AvgIpc) is 2.43. The molecule has 0 radical (unpaired) electrons. The molecule has 2 aliphatic heterocycles. The summed E-state index contributed by atoms with van der Waals surface area (Å²) in [5, 5.41) is 6.20. The minimum Gasteiger partial charge on any atom is -0.353 e. The first kappa shape index (κ1) is 17.2. The van der Waals surface area contributed by atoms with Crippen LogP contribution in [0.3, 0.4) is 0 Å². The Morgan fingerprint density at radius 3 is 2.65 bits per heavy atom. The van der Waals surface area contributed by atoms with Gasteiger partial charge in [-0.05, 0) is 12.8 Å². The van der Waals surface area contributed by atoms with Crippen molar-refractivity contribution in [2.75, 3.05) is 52.4 Å².